The quantitative estimate of drug-likeness (QED) is 0.645. The summed E-state index contributed by atoms with van der Waals surface area (Å²) in [5.41, 5.74) is 0. The minimum Gasteiger partial charge on any atom is -0.481 e. The van der Waals surface area contributed by atoms with Crippen LogP contribution in [-0.4, -0.2) is 59.6 Å². The Hall–Kier alpha value is -0.750. The average Bonchev–Trinajstić information content (AvgIpc) is 2.16. The van der Waals surface area contributed by atoms with Gasteiger partial charge < -0.3 is 15.3 Å². The molecule has 16 heavy (non-hydrogen) atoms. The second-order valence-corrected chi connectivity index (χ2v) is 4.80. The normalized spacial score (nSPS) is 10.8. The van der Waals surface area contributed by atoms with E-state index in [9.17, 15) is 9.59 Å². The van der Waals surface area contributed by atoms with Gasteiger partial charge in [0, 0.05) is 19.1 Å². The average molecular weight is 248 g/mol. The Kier molecular flexibility index (Phi) is 8.01. The maximum Gasteiger partial charge on any atom is 0.313 e. The van der Waals surface area contributed by atoms with Crippen molar-refractivity contribution >= 4 is 23.6 Å². The molecule has 0 aromatic carbocycles. The predicted molar refractivity (Wildman–Crippen MR) is 65.7 cm³/mol. The molecule has 0 spiro atoms. The van der Waals surface area contributed by atoms with Gasteiger partial charge in [-0.15, -0.1) is 11.8 Å². The number of carbonyl (C=O) groups excluding carboxylic acids is 1. The van der Waals surface area contributed by atoms with Crippen molar-refractivity contribution in [1.29, 1.82) is 0 Å². The number of carboxylic acid groups (broad SMARTS) is 1. The van der Waals surface area contributed by atoms with Crippen LogP contribution in [0.2, 0.25) is 0 Å². The second kappa shape index (κ2) is 8.41. The highest BCUT2D eigenvalue weighted by molar-refractivity contribution is 8.00. The number of hydrogen-bond donors (Lipinski definition) is 2. The van der Waals surface area contributed by atoms with Crippen LogP contribution in [-0.2, 0) is 9.59 Å². The SMILES string of the molecule is CC(C)N(C)CCNC(=O)CSCC(=O)O. The van der Waals surface area contributed by atoms with Crippen LogP contribution in [0.5, 0.6) is 0 Å². The number of likely N-dealkylation sites (N-methyl/N-ethyl adjacent to an activating group) is 1. The number of thioether (sulfide) groups is 1. The summed E-state index contributed by atoms with van der Waals surface area (Å²) in [6, 6.07) is 0.457. The molecule has 0 heterocycles. The number of aliphatic carboxylic acids is 1. The number of amides is 1. The lowest BCUT2D eigenvalue weighted by Crippen LogP contribution is -2.36. The Morgan fingerprint density at radius 1 is 1.38 bits per heavy atom. The molecule has 0 aliphatic heterocycles. The van der Waals surface area contributed by atoms with Gasteiger partial charge in [-0.05, 0) is 20.9 Å². The zero-order valence-corrected chi connectivity index (χ0v) is 10.8. The van der Waals surface area contributed by atoms with E-state index in [0.717, 1.165) is 18.3 Å². The Bertz CT molecular complexity index is 234. The summed E-state index contributed by atoms with van der Waals surface area (Å²) in [5.74, 6) is -0.822. The lowest BCUT2D eigenvalue weighted by molar-refractivity contribution is -0.133. The van der Waals surface area contributed by atoms with Gasteiger partial charge in [0.05, 0.1) is 11.5 Å². The standard InChI is InChI=1S/C10H20N2O3S/c1-8(2)12(3)5-4-11-9(13)6-16-7-10(14)15/h8H,4-7H2,1-3H3,(H,11,13)(H,14,15). The molecule has 0 rings (SSSR count). The lowest BCUT2D eigenvalue weighted by Gasteiger charge is -2.20. The largest absolute Gasteiger partial charge is 0.481 e. The van der Waals surface area contributed by atoms with Crippen molar-refractivity contribution in [3.8, 4) is 0 Å². The third-order valence-electron chi connectivity index (χ3n) is 2.13. The molecule has 0 aliphatic rings. The van der Waals surface area contributed by atoms with E-state index in [4.69, 9.17) is 5.11 Å². The third-order valence-corrected chi connectivity index (χ3v) is 3.04. The minimum atomic E-state index is -0.891. The van der Waals surface area contributed by atoms with Crippen molar-refractivity contribution in [3.05, 3.63) is 0 Å². The predicted octanol–water partition coefficient (Wildman–Crippen LogP) is 0.261. The van der Waals surface area contributed by atoms with E-state index in [1.807, 2.05) is 7.05 Å². The highest BCUT2D eigenvalue weighted by Crippen LogP contribution is 1.98. The Morgan fingerprint density at radius 2 is 2.00 bits per heavy atom. The molecule has 5 nitrogen and oxygen atoms in total. The molecule has 0 radical (unpaired) electrons. The molecule has 0 aromatic rings. The molecule has 0 unspecified atom stereocenters. The van der Waals surface area contributed by atoms with Gasteiger partial charge in [0.2, 0.25) is 5.91 Å². The van der Waals surface area contributed by atoms with Crippen LogP contribution in [0.4, 0.5) is 0 Å². The number of nitrogens with zero attached hydrogens (tertiary/aromatic N) is 1. The topological polar surface area (TPSA) is 69.6 Å². The van der Waals surface area contributed by atoms with Crippen LogP contribution in [0.1, 0.15) is 13.8 Å². The highest BCUT2D eigenvalue weighted by atomic mass is 32.2. The van der Waals surface area contributed by atoms with Crippen molar-refractivity contribution in [3.63, 3.8) is 0 Å². The minimum absolute atomic E-state index is 0.0285. The van der Waals surface area contributed by atoms with Gasteiger partial charge in [-0.25, -0.2) is 0 Å². The molecule has 1 amide bonds. The van der Waals surface area contributed by atoms with Crippen molar-refractivity contribution in [2.24, 2.45) is 0 Å². The van der Waals surface area contributed by atoms with E-state index in [1.54, 1.807) is 0 Å². The third kappa shape index (κ3) is 8.55. The van der Waals surface area contributed by atoms with Crippen molar-refractivity contribution in [1.82, 2.24) is 10.2 Å². The van der Waals surface area contributed by atoms with E-state index >= 15 is 0 Å². The summed E-state index contributed by atoms with van der Waals surface area (Å²) in [7, 11) is 2.00. The first-order valence-electron chi connectivity index (χ1n) is 5.20. The van der Waals surface area contributed by atoms with Gasteiger partial charge in [-0.2, -0.15) is 0 Å². The van der Waals surface area contributed by atoms with E-state index in [0.29, 0.717) is 12.6 Å². The van der Waals surface area contributed by atoms with Crippen LogP contribution in [0, 0.1) is 0 Å². The molecule has 0 aliphatic carbocycles. The fourth-order valence-electron chi connectivity index (χ4n) is 0.912. The molecule has 0 saturated carbocycles. The monoisotopic (exact) mass is 248 g/mol. The van der Waals surface area contributed by atoms with Gasteiger partial charge in [0.15, 0.2) is 0 Å². The van der Waals surface area contributed by atoms with Gasteiger partial charge in [0.25, 0.3) is 0 Å². The molecule has 0 bridgehead atoms. The molecule has 0 fully saturated rings. The fraction of sp³-hybridized carbons (Fsp3) is 0.800. The molecule has 0 saturated heterocycles. The zero-order chi connectivity index (χ0) is 12.6. The van der Waals surface area contributed by atoms with Crippen LogP contribution in [0.25, 0.3) is 0 Å². The number of nitrogens with one attached hydrogen (secondary N) is 1. The first kappa shape index (κ1) is 15.2. The zero-order valence-electron chi connectivity index (χ0n) is 10.0. The fourth-order valence-corrected chi connectivity index (χ4v) is 1.48. The van der Waals surface area contributed by atoms with Gasteiger partial charge in [-0.3, -0.25) is 9.59 Å². The van der Waals surface area contributed by atoms with E-state index in [2.05, 4.69) is 24.1 Å². The van der Waals surface area contributed by atoms with Crippen molar-refractivity contribution in [2.75, 3.05) is 31.6 Å². The number of rotatable bonds is 8. The summed E-state index contributed by atoms with van der Waals surface area (Å²) in [6.45, 7) is 5.57. The number of carbonyl (C=O) groups is 2. The molecule has 94 valence electrons. The van der Waals surface area contributed by atoms with Crippen molar-refractivity contribution < 1.29 is 14.7 Å². The van der Waals surface area contributed by atoms with Gasteiger partial charge in [0.1, 0.15) is 0 Å². The van der Waals surface area contributed by atoms with Crippen LogP contribution in [0.3, 0.4) is 0 Å². The number of carboxylic acids is 1. The maximum atomic E-state index is 11.2. The second-order valence-electron chi connectivity index (χ2n) is 3.81. The van der Waals surface area contributed by atoms with Gasteiger partial charge >= 0.3 is 5.97 Å². The van der Waals surface area contributed by atoms with Crippen LogP contribution in [0.15, 0.2) is 0 Å². The van der Waals surface area contributed by atoms with Crippen molar-refractivity contribution in [2.45, 2.75) is 19.9 Å². The maximum absolute atomic E-state index is 11.2. The molecule has 0 atom stereocenters. The van der Waals surface area contributed by atoms with E-state index in [-0.39, 0.29) is 17.4 Å². The first-order valence-corrected chi connectivity index (χ1v) is 6.35. The van der Waals surface area contributed by atoms with Crippen LogP contribution < -0.4 is 5.32 Å². The van der Waals surface area contributed by atoms with E-state index in [1.165, 1.54) is 0 Å². The smallest absolute Gasteiger partial charge is 0.313 e. The Morgan fingerprint density at radius 3 is 2.50 bits per heavy atom. The summed E-state index contributed by atoms with van der Waals surface area (Å²) >= 11 is 1.11. The number of hydrogen-bond acceptors (Lipinski definition) is 4. The molecule has 0 aromatic heterocycles. The van der Waals surface area contributed by atoms with E-state index < -0.39 is 5.97 Å². The summed E-state index contributed by atoms with van der Waals surface area (Å²) in [5, 5.41) is 11.1. The highest BCUT2D eigenvalue weighted by Gasteiger charge is 2.05. The Labute approximate surface area is 101 Å². The summed E-state index contributed by atoms with van der Waals surface area (Å²) in [4.78, 5) is 23.6. The molecule has 6 heteroatoms. The van der Waals surface area contributed by atoms with Gasteiger partial charge in [-0.1, -0.05) is 0 Å². The van der Waals surface area contributed by atoms with Crippen LogP contribution >= 0.6 is 11.8 Å². The summed E-state index contributed by atoms with van der Waals surface area (Å²) < 4.78 is 0. The Balaban J connectivity index is 3.47. The molecular weight excluding hydrogens is 228 g/mol. The lowest BCUT2D eigenvalue weighted by atomic mass is 10.3. The first-order chi connectivity index (χ1) is 7.43. The molecular formula is C10H20N2O3S. The molecule has 2 N–H and O–H groups in total. The summed E-state index contributed by atoms with van der Waals surface area (Å²) in [6.07, 6.45) is 0.